The summed E-state index contributed by atoms with van der Waals surface area (Å²) in [6, 6.07) is 13.3. The number of esters is 1. The largest absolute Gasteiger partial charge is 0.497 e. The molecule has 2 atom stereocenters. The maximum absolute atomic E-state index is 12.3. The molecule has 0 aliphatic heterocycles. The number of nitrogens with one attached hydrogen (secondary N) is 1. The lowest BCUT2D eigenvalue weighted by molar-refractivity contribution is -0.123. The Hall–Kier alpha value is -2.67. The highest BCUT2D eigenvalue weighted by Crippen LogP contribution is 2.18. The molecule has 2 aromatic carbocycles. The van der Waals surface area contributed by atoms with Crippen LogP contribution in [0.1, 0.15) is 17.3 Å². The van der Waals surface area contributed by atoms with E-state index in [4.69, 9.17) is 9.47 Å². The smallest absolute Gasteiger partial charge is 0.340 e. The predicted molar refractivity (Wildman–Crippen MR) is 95.3 cm³/mol. The molecule has 132 valence electrons. The van der Waals surface area contributed by atoms with Crippen molar-refractivity contribution in [2.45, 2.75) is 17.9 Å². The molecule has 0 saturated carbocycles. The summed E-state index contributed by atoms with van der Waals surface area (Å²) in [5.74, 6) is -0.572. The molecule has 0 unspecified atom stereocenters. The number of methoxy groups -OCH3 is 1. The fourth-order valence-corrected chi connectivity index (χ4v) is 2.84. The minimum atomic E-state index is -1.34. The SMILES string of the molecule is COc1cccc(NC(=O)[C@H](C)OC(=O)c2ccccc2[S@](C)=O)c1. The molecular formula is C18H19NO5S. The number of ether oxygens (including phenoxy) is 2. The van der Waals surface area contributed by atoms with E-state index in [9.17, 15) is 13.8 Å². The molecule has 0 aliphatic carbocycles. The summed E-state index contributed by atoms with van der Waals surface area (Å²) in [7, 11) is 0.191. The van der Waals surface area contributed by atoms with Gasteiger partial charge in [-0.15, -0.1) is 0 Å². The van der Waals surface area contributed by atoms with Gasteiger partial charge in [-0.3, -0.25) is 9.00 Å². The normalized spacial score (nSPS) is 12.8. The average Bonchev–Trinajstić information content (AvgIpc) is 2.61. The summed E-state index contributed by atoms with van der Waals surface area (Å²) in [5.41, 5.74) is 0.715. The lowest BCUT2D eigenvalue weighted by Gasteiger charge is -2.15. The molecule has 0 spiro atoms. The second-order valence-corrected chi connectivity index (χ2v) is 6.57. The standard InChI is InChI=1S/C18H19NO5S/c1-12(17(20)19-13-7-6-8-14(11-13)23-2)24-18(21)15-9-4-5-10-16(15)25(3)22/h4-12H,1-3H3,(H,19,20)/t12-,25-/m0/s1. The van der Waals surface area contributed by atoms with Gasteiger partial charge in [0.05, 0.1) is 28.4 Å². The van der Waals surface area contributed by atoms with Crippen molar-refractivity contribution in [3.05, 3.63) is 54.1 Å². The molecule has 1 amide bonds. The van der Waals surface area contributed by atoms with Crippen molar-refractivity contribution in [3.63, 3.8) is 0 Å². The molecule has 0 fully saturated rings. The first-order chi connectivity index (χ1) is 11.9. The molecule has 6 nitrogen and oxygen atoms in total. The van der Waals surface area contributed by atoms with Crippen LogP contribution in [0.25, 0.3) is 0 Å². The van der Waals surface area contributed by atoms with E-state index in [1.807, 2.05) is 0 Å². The van der Waals surface area contributed by atoms with Crippen LogP contribution in [-0.4, -0.2) is 35.6 Å². The average molecular weight is 361 g/mol. The van der Waals surface area contributed by atoms with Gasteiger partial charge in [0.25, 0.3) is 5.91 Å². The van der Waals surface area contributed by atoms with Gasteiger partial charge in [-0.05, 0) is 31.2 Å². The molecule has 0 heterocycles. The number of amides is 1. The summed E-state index contributed by atoms with van der Waals surface area (Å²) < 4.78 is 22.0. The van der Waals surface area contributed by atoms with Gasteiger partial charge in [-0.2, -0.15) is 0 Å². The van der Waals surface area contributed by atoms with E-state index in [0.717, 1.165) is 0 Å². The van der Waals surface area contributed by atoms with Crippen molar-refractivity contribution >= 4 is 28.4 Å². The Kier molecular flexibility index (Phi) is 6.30. The Labute approximate surface area is 148 Å². The quantitative estimate of drug-likeness (QED) is 0.800. The van der Waals surface area contributed by atoms with Crippen molar-refractivity contribution in [1.82, 2.24) is 0 Å². The molecule has 0 radical (unpaired) electrons. The first kappa shape index (κ1) is 18.7. The van der Waals surface area contributed by atoms with E-state index in [1.54, 1.807) is 42.5 Å². The minimum absolute atomic E-state index is 0.185. The highest BCUT2D eigenvalue weighted by Gasteiger charge is 2.21. The zero-order valence-corrected chi connectivity index (χ0v) is 15.0. The number of hydrogen-bond acceptors (Lipinski definition) is 5. The van der Waals surface area contributed by atoms with E-state index >= 15 is 0 Å². The fraction of sp³-hybridized carbons (Fsp3) is 0.222. The first-order valence-corrected chi connectivity index (χ1v) is 9.06. The highest BCUT2D eigenvalue weighted by atomic mass is 32.2. The second-order valence-electron chi connectivity index (χ2n) is 5.22. The maximum atomic E-state index is 12.3. The highest BCUT2D eigenvalue weighted by molar-refractivity contribution is 7.84. The van der Waals surface area contributed by atoms with Crippen LogP contribution in [0.4, 0.5) is 5.69 Å². The lowest BCUT2D eigenvalue weighted by atomic mass is 10.2. The van der Waals surface area contributed by atoms with Crippen LogP contribution in [-0.2, 0) is 20.3 Å². The molecule has 7 heteroatoms. The summed E-state index contributed by atoms with van der Waals surface area (Å²) in [6.45, 7) is 1.47. The van der Waals surface area contributed by atoms with Crippen LogP contribution >= 0.6 is 0 Å². The number of benzene rings is 2. The van der Waals surface area contributed by atoms with Crippen LogP contribution in [0.2, 0.25) is 0 Å². The van der Waals surface area contributed by atoms with Crippen molar-refractivity contribution in [3.8, 4) is 5.75 Å². The number of carbonyl (C=O) groups excluding carboxylic acids is 2. The van der Waals surface area contributed by atoms with Gasteiger partial charge < -0.3 is 14.8 Å². The van der Waals surface area contributed by atoms with Crippen LogP contribution in [0.3, 0.4) is 0 Å². The van der Waals surface area contributed by atoms with Crippen molar-refractivity contribution in [2.75, 3.05) is 18.7 Å². The van der Waals surface area contributed by atoms with Crippen LogP contribution in [0.5, 0.6) is 5.75 Å². The topological polar surface area (TPSA) is 81.7 Å². The molecule has 2 rings (SSSR count). The molecule has 0 bridgehead atoms. The van der Waals surface area contributed by atoms with E-state index < -0.39 is 28.8 Å². The minimum Gasteiger partial charge on any atom is -0.497 e. The third kappa shape index (κ3) is 4.90. The van der Waals surface area contributed by atoms with Gasteiger partial charge in [0.2, 0.25) is 0 Å². The number of hydrogen-bond donors (Lipinski definition) is 1. The van der Waals surface area contributed by atoms with Crippen LogP contribution < -0.4 is 10.1 Å². The molecule has 2 aromatic rings. The lowest BCUT2D eigenvalue weighted by Crippen LogP contribution is -2.30. The Morgan fingerprint density at radius 2 is 1.84 bits per heavy atom. The van der Waals surface area contributed by atoms with Crippen molar-refractivity contribution < 1.29 is 23.3 Å². The number of carbonyl (C=O) groups is 2. The Bertz CT molecular complexity index is 806. The van der Waals surface area contributed by atoms with Gasteiger partial charge in [-0.25, -0.2) is 4.79 Å². The first-order valence-electron chi connectivity index (χ1n) is 7.50. The van der Waals surface area contributed by atoms with Crippen molar-refractivity contribution in [2.24, 2.45) is 0 Å². The molecule has 0 saturated heterocycles. The van der Waals surface area contributed by atoms with Gasteiger partial charge in [0.15, 0.2) is 6.10 Å². The summed E-state index contributed by atoms with van der Waals surface area (Å²) in [5, 5.41) is 2.65. The van der Waals surface area contributed by atoms with Gasteiger partial charge >= 0.3 is 5.97 Å². The fourth-order valence-electron chi connectivity index (χ4n) is 2.11. The van der Waals surface area contributed by atoms with Gasteiger partial charge in [0.1, 0.15) is 5.75 Å². The Morgan fingerprint density at radius 1 is 1.12 bits per heavy atom. The van der Waals surface area contributed by atoms with Crippen LogP contribution in [0, 0.1) is 0 Å². The zero-order chi connectivity index (χ0) is 18.4. The Balaban J connectivity index is 2.06. The van der Waals surface area contributed by atoms with Crippen molar-refractivity contribution in [1.29, 1.82) is 0 Å². The summed E-state index contributed by atoms with van der Waals surface area (Å²) in [6.07, 6.45) is 0.461. The number of anilines is 1. The maximum Gasteiger partial charge on any atom is 0.340 e. The predicted octanol–water partition coefficient (Wildman–Crippen LogP) is 2.62. The van der Waals surface area contributed by atoms with E-state index in [1.165, 1.54) is 26.4 Å². The van der Waals surface area contributed by atoms with Gasteiger partial charge in [0, 0.05) is 18.0 Å². The second kappa shape index (κ2) is 8.43. The van der Waals surface area contributed by atoms with E-state index in [2.05, 4.69) is 5.32 Å². The van der Waals surface area contributed by atoms with Gasteiger partial charge in [-0.1, -0.05) is 18.2 Å². The van der Waals surface area contributed by atoms with E-state index in [-0.39, 0.29) is 5.56 Å². The van der Waals surface area contributed by atoms with Crippen LogP contribution in [0.15, 0.2) is 53.4 Å². The monoisotopic (exact) mass is 361 g/mol. The molecule has 0 aliphatic rings. The molecular weight excluding hydrogens is 342 g/mol. The van der Waals surface area contributed by atoms with E-state index in [0.29, 0.717) is 16.3 Å². The Morgan fingerprint density at radius 3 is 2.52 bits per heavy atom. The summed E-state index contributed by atoms with van der Waals surface area (Å²) in [4.78, 5) is 24.9. The summed E-state index contributed by atoms with van der Waals surface area (Å²) >= 11 is 0. The molecule has 0 aromatic heterocycles. The zero-order valence-electron chi connectivity index (χ0n) is 14.1. The third-order valence-corrected chi connectivity index (χ3v) is 4.38. The number of rotatable bonds is 6. The third-order valence-electron chi connectivity index (χ3n) is 3.41. The molecule has 25 heavy (non-hydrogen) atoms. The molecule has 1 N–H and O–H groups in total.